The average Bonchev–Trinajstić information content (AvgIpc) is 3.69. The molecule has 8 N–H and O–H groups in total. The summed E-state index contributed by atoms with van der Waals surface area (Å²) in [6.45, 7) is 10.1. The fourth-order valence-corrected chi connectivity index (χ4v) is 6.56. The minimum Gasteiger partial charge on any atom is -0.480 e. The summed E-state index contributed by atoms with van der Waals surface area (Å²) in [6, 6.07) is 2.03. The minimum absolute atomic E-state index is 0.0300. The Balaban J connectivity index is 1.80. The Hall–Kier alpha value is -4.90. The molecule has 3 heterocycles. The minimum atomic E-state index is -1.54. The third-order valence-electron chi connectivity index (χ3n) is 8.31. The van der Waals surface area contributed by atoms with E-state index in [9.17, 15) is 39.0 Å². The zero-order valence-corrected chi connectivity index (χ0v) is 30.1. The second kappa shape index (κ2) is 16.9. The van der Waals surface area contributed by atoms with Crippen LogP contribution in [-0.2, 0) is 30.4 Å². The molecule has 1 aromatic carbocycles. The van der Waals surface area contributed by atoms with Crippen LogP contribution in [0.15, 0.2) is 39.9 Å². The van der Waals surface area contributed by atoms with Gasteiger partial charge >= 0.3 is 5.97 Å². The largest absolute Gasteiger partial charge is 0.480 e. The van der Waals surface area contributed by atoms with E-state index in [0.29, 0.717) is 27.2 Å². The van der Waals surface area contributed by atoms with Crippen LogP contribution in [-0.4, -0.2) is 97.9 Å². The van der Waals surface area contributed by atoms with Gasteiger partial charge in [0.2, 0.25) is 29.4 Å². The smallest absolute Gasteiger partial charge is 0.327 e. The van der Waals surface area contributed by atoms with E-state index in [1.165, 1.54) is 19.9 Å². The van der Waals surface area contributed by atoms with E-state index in [2.05, 4.69) is 36.7 Å². The fourth-order valence-electron chi connectivity index (χ4n) is 5.45. The Morgan fingerprint density at radius 2 is 1.69 bits per heavy atom. The summed E-state index contributed by atoms with van der Waals surface area (Å²) in [7, 11) is 0. The lowest BCUT2D eigenvalue weighted by Gasteiger charge is -2.27. The third kappa shape index (κ3) is 9.88. The number of amides is 5. The number of carboxylic acids is 1. The van der Waals surface area contributed by atoms with Gasteiger partial charge in [-0.2, -0.15) is 0 Å². The summed E-state index contributed by atoms with van der Waals surface area (Å²) in [5.41, 5.74) is 1.78. The molecule has 0 spiro atoms. The maximum absolute atomic E-state index is 14.1. The first-order valence-corrected chi connectivity index (χ1v) is 17.7. The van der Waals surface area contributed by atoms with Gasteiger partial charge in [-0.1, -0.05) is 51.1 Å². The van der Waals surface area contributed by atoms with Crippen molar-refractivity contribution < 1.29 is 43.5 Å². The van der Waals surface area contributed by atoms with Gasteiger partial charge in [0.25, 0.3) is 5.91 Å². The van der Waals surface area contributed by atoms with E-state index in [1.807, 2.05) is 33.8 Å². The second-order valence-corrected chi connectivity index (χ2v) is 14.4. The standard InChI is InChI=1S/C34H45N7O9S/c1-15(2)11-23-29(44)35-17(5)28(43)40-27(18(6)42)32(47)38-25(34(48)49)14-51-33-20(19-9-7-8-10-21(19)39-33)12-24(30(45)36-23)37-31(46)26-13-22(16(3)4)41-50-26/h7-10,13,15-18,23-25,27,39,42H,11-12,14H2,1-6H3,(H,35,44)(H,36,45)(H,37,46)(H,38,47)(H,40,43)(H,48,49)/t17-,18-,23+,24+,25+,27+/m1/s1. The predicted molar refractivity (Wildman–Crippen MR) is 187 cm³/mol. The van der Waals surface area contributed by atoms with Crippen LogP contribution < -0.4 is 26.6 Å². The first kappa shape index (κ1) is 38.9. The lowest BCUT2D eigenvalue weighted by atomic mass is 10.0. The summed E-state index contributed by atoms with van der Waals surface area (Å²) in [5.74, 6) is -5.68. The molecule has 4 rings (SSSR count). The topological polar surface area (TPSA) is 245 Å². The molecular weight excluding hydrogens is 682 g/mol. The van der Waals surface area contributed by atoms with Crippen LogP contribution in [0.1, 0.15) is 75.7 Å². The summed E-state index contributed by atoms with van der Waals surface area (Å²) in [5, 5.41) is 38.2. The van der Waals surface area contributed by atoms with Gasteiger partial charge in [0.05, 0.1) is 16.8 Å². The summed E-state index contributed by atoms with van der Waals surface area (Å²) >= 11 is 1.06. The average molecular weight is 728 g/mol. The highest BCUT2D eigenvalue weighted by Crippen LogP contribution is 2.31. The molecule has 51 heavy (non-hydrogen) atoms. The van der Waals surface area contributed by atoms with Gasteiger partial charge in [-0.15, -0.1) is 11.8 Å². The van der Waals surface area contributed by atoms with Crippen molar-refractivity contribution >= 4 is 58.2 Å². The van der Waals surface area contributed by atoms with Crippen LogP contribution in [0.3, 0.4) is 0 Å². The molecule has 2 aromatic heterocycles. The number of fused-ring (bicyclic) bond motifs is 3. The number of benzene rings is 1. The van der Waals surface area contributed by atoms with Crippen molar-refractivity contribution in [3.8, 4) is 0 Å². The van der Waals surface area contributed by atoms with Crippen molar-refractivity contribution in [1.29, 1.82) is 0 Å². The molecule has 17 heteroatoms. The highest BCUT2D eigenvalue weighted by atomic mass is 32.2. The number of hydrogen-bond donors (Lipinski definition) is 8. The molecule has 5 amide bonds. The van der Waals surface area contributed by atoms with E-state index < -0.39 is 71.8 Å². The first-order chi connectivity index (χ1) is 24.0. The van der Waals surface area contributed by atoms with E-state index in [-0.39, 0.29) is 36.2 Å². The van der Waals surface area contributed by atoms with Gasteiger partial charge in [-0.3, -0.25) is 24.0 Å². The van der Waals surface area contributed by atoms with Gasteiger partial charge < -0.3 is 46.3 Å². The molecule has 276 valence electrons. The van der Waals surface area contributed by atoms with Crippen LogP contribution >= 0.6 is 11.8 Å². The van der Waals surface area contributed by atoms with Crippen molar-refractivity contribution in [3.63, 3.8) is 0 Å². The monoisotopic (exact) mass is 727 g/mol. The lowest BCUT2D eigenvalue weighted by Crippen LogP contribution is -2.60. The normalized spacial score (nSPS) is 23.4. The van der Waals surface area contributed by atoms with Gasteiger partial charge in [-0.25, -0.2) is 4.79 Å². The van der Waals surface area contributed by atoms with Crippen molar-refractivity contribution in [2.45, 2.75) is 102 Å². The molecule has 0 aliphatic carbocycles. The Morgan fingerprint density at radius 1 is 0.980 bits per heavy atom. The van der Waals surface area contributed by atoms with Gasteiger partial charge in [-0.05, 0) is 43.7 Å². The SMILES string of the molecule is CC(C)C[C@@H]1NC(=O)[C@@H](NC(=O)c2cc(C(C)C)no2)Cc2c([nH]c3ccccc23)SC[C@@H](C(=O)O)NC(=O)[C@H]([C@@H](C)O)NC(=O)[C@@H](C)NC1=O. The summed E-state index contributed by atoms with van der Waals surface area (Å²) in [6.07, 6.45) is -1.34. The van der Waals surface area contributed by atoms with Gasteiger partial charge in [0.15, 0.2) is 0 Å². The molecule has 1 aliphatic rings. The zero-order valence-electron chi connectivity index (χ0n) is 29.2. The van der Waals surface area contributed by atoms with Gasteiger partial charge in [0, 0.05) is 29.1 Å². The van der Waals surface area contributed by atoms with Crippen LogP contribution in [0.2, 0.25) is 0 Å². The maximum Gasteiger partial charge on any atom is 0.327 e. The fraction of sp³-hybridized carbons (Fsp3) is 0.500. The number of hydrogen-bond acceptors (Lipinski definition) is 10. The van der Waals surface area contributed by atoms with E-state index in [1.54, 1.807) is 18.2 Å². The number of carbonyl (C=O) groups is 6. The van der Waals surface area contributed by atoms with Crippen LogP contribution in [0, 0.1) is 5.92 Å². The number of nitrogens with zero attached hydrogens (tertiary/aromatic N) is 1. The Morgan fingerprint density at radius 3 is 2.31 bits per heavy atom. The number of nitrogens with one attached hydrogen (secondary N) is 6. The number of carboxylic acid groups (broad SMARTS) is 1. The number of para-hydroxylation sites is 1. The molecular formula is C34H45N7O9S. The predicted octanol–water partition coefficient (Wildman–Crippen LogP) is 1.20. The second-order valence-electron chi connectivity index (χ2n) is 13.3. The molecule has 0 saturated heterocycles. The van der Waals surface area contributed by atoms with Crippen LogP contribution in [0.25, 0.3) is 10.9 Å². The molecule has 6 atom stereocenters. The Labute approximate surface area is 298 Å². The molecule has 0 radical (unpaired) electrons. The lowest BCUT2D eigenvalue weighted by molar-refractivity contribution is -0.142. The highest BCUT2D eigenvalue weighted by Gasteiger charge is 2.35. The zero-order chi connectivity index (χ0) is 37.6. The number of aromatic nitrogens is 2. The molecule has 1 aliphatic heterocycles. The maximum atomic E-state index is 14.1. The quantitative estimate of drug-likeness (QED) is 0.172. The number of aromatic amines is 1. The van der Waals surface area contributed by atoms with Crippen molar-refractivity contribution in [2.24, 2.45) is 5.92 Å². The Bertz CT molecular complexity index is 1770. The van der Waals surface area contributed by atoms with Crippen molar-refractivity contribution in [3.05, 3.63) is 47.3 Å². The third-order valence-corrected chi connectivity index (χ3v) is 9.45. The molecule has 0 saturated carbocycles. The number of aliphatic hydroxyl groups excluding tert-OH is 1. The Kier molecular flexibility index (Phi) is 12.9. The van der Waals surface area contributed by atoms with E-state index in [4.69, 9.17) is 4.52 Å². The highest BCUT2D eigenvalue weighted by molar-refractivity contribution is 7.99. The van der Waals surface area contributed by atoms with Crippen LogP contribution in [0.5, 0.6) is 0 Å². The molecule has 0 unspecified atom stereocenters. The van der Waals surface area contributed by atoms with E-state index >= 15 is 0 Å². The number of rotatable bonds is 7. The molecule has 3 aromatic rings. The summed E-state index contributed by atoms with van der Waals surface area (Å²) in [4.78, 5) is 83.0. The number of H-pyrrole nitrogens is 1. The number of carbonyl (C=O) groups excluding carboxylic acids is 5. The molecule has 0 bridgehead atoms. The van der Waals surface area contributed by atoms with Crippen molar-refractivity contribution in [2.75, 3.05) is 5.75 Å². The molecule has 0 fully saturated rings. The van der Waals surface area contributed by atoms with Crippen molar-refractivity contribution in [1.82, 2.24) is 36.7 Å². The number of aliphatic hydroxyl groups is 1. The van der Waals surface area contributed by atoms with Gasteiger partial charge in [0.1, 0.15) is 30.2 Å². The van der Waals surface area contributed by atoms with E-state index in [0.717, 1.165) is 11.8 Å². The number of thioether (sulfide) groups is 1. The molecule has 16 nitrogen and oxygen atoms in total. The van der Waals surface area contributed by atoms with Crippen LogP contribution in [0.4, 0.5) is 0 Å². The first-order valence-electron chi connectivity index (χ1n) is 16.7. The number of aliphatic carboxylic acids is 1. The summed E-state index contributed by atoms with van der Waals surface area (Å²) < 4.78 is 5.27.